The van der Waals surface area contributed by atoms with Gasteiger partial charge in [-0.25, -0.2) is 0 Å². The molecule has 0 aromatic carbocycles. The molecule has 2 heterocycles. The first-order valence-corrected chi connectivity index (χ1v) is 3.29. The Balaban J connectivity index is 2.48. The SMILES string of the molecule is CC1=CC2=CCC1(C)O2. The normalized spacial score (nSPS) is 38.0. The molecule has 0 radical (unpaired) electrons. The molecule has 2 aliphatic rings. The molecule has 0 spiro atoms. The topological polar surface area (TPSA) is 9.23 Å². The summed E-state index contributed by atoms with van der Waals surface area (Å²) in [6, 6.07) is 0. The molecule has 1 unspecified atom stereocenters. The van der Waals surface area contributed by atoms with Gasteiger partial charge in [-0.05, 0) is 31.6 Å². The van der Waals surface area contributed by atoms with Gasteiger partial charge in [0.15, 0.2) is 0 Å². The van der Waals surface area contributed by atoms with Crippen LogP contribution >= 0.6 is 0 Å². The van der Waals surface area contributed by atoms with Crippen LogP contribution in [0.15, 0.2) is 23.5 Å². The molecule has 9 heavy (non-hydrogen) atoms. The van der Waals surface area contributed by atoms with E-state index in [-0.39, 0.29) is 5.60 Å². The predicted octanol–water partition coefficient (Wildman–Crippen LogP) is 2.01. The fourth-order valence-corrected chi connectivity index (χ4v) is 1.33. The van der Waals surface area contributed by atoms with Crippen LogP contribution in [0.2, 0.25) is 0 Å². The number of allylic oxidation sites excluding steroid dienone is 1. The van der Waals surface area contributed by atoms with Gasteiger partial charge in [0.05, 0.1) is 0 Å². The monoisotopic (exact) mass is 122 g/mol. The van der Waals surface area contributed by atoms with Gasteiger partial charge < -0.3 is 4.74 Å². The molecule has 0 aromatic heterocycles. The van der Waals surface area contributed by atoms with Crippen LogP contribution in [0, 0.1) is 0 Å². The Kier molecular flexibility index (Phi) is 0.696. The van der Waals surface area contributed by atoms with E-state index in [0.717, 1.165) is 12.2 Å². The highest BCUT2D eigenvalue weighted by atomic mass is 16.5. The van der Waals surface area contributed by atoms with Gasteiger partial charge in [0.1, 0.15) is 11.4 Å². The van der Waals surface area contributed by atoms with Gasteiger partial charge in [0, 0.05) is 6.42 Å². The van der Waals surface area contributed by atoms with Crippen LogP contribution in [0.3, 0.4) is 0 Å². The molecular weight excluding hydrogens is 112 g/mol. The van der Waals surface area contributed by atoms with Gasteiger partial charge in [-0.1, -0.05) is 0 Å². The summed E-state index contributed by atoms with van der Waals surface area (Å²) in [6.45, 7) is 4.26. The lowest BCUT2D eigenvalue weighted by atomic mass is 9.93. The van der Waals surface area contributed by atoms with Crippen molar-refractivity contribution >= 4 is 0 Å². The number of rotatable bonds is 0. The van der Waals surface area contributed by atoms with Gasteiger partial charge in [-0.2, -0.15) is 0 Å². The summed E-state index contributed by atoms with van der Waals surface area (Å²) in [4.78, 5) is 0. The summed E-state index contributed by atoms with van der Waals surface area (Å²) in [5.74, 6) is 1.06. The number of fused-ring (bicyclic) bond motifs is 2. The Morgan fingerprint density at radius 3 is 2.67 bits per heavy atom. The van der Waals surface area contributed by atoms with Crippen molar-refractivity contribution in [2.24, 2.45) is 0 Å². The molecular formula is C8H10O. The molecule has 2 aliphatic heterocycles. The first-order valence-electron chi connectivity index (χ1n) is 3.29. The van der Waals surface area contributed by atoms with E-state index in [2.05, 4.69) is 26.0 Å². The second kappa shape index (κ2) is 1.23. The molecule has 1 atom stereocenters. The van der Waals surface area contributed by atoms with E-state index in [0.29, 0.717) is 0 Å². The average molecular weight is 122 g/mol. The largest absolute Gasteiger partial charge is 0.483 e. The molecule has 1 heteroatoms. The lowest BCUT2D eigenvalue weighted by Gasteiger charge is -2.20. The molecule has 0 fully saturated rings. The maximum atomic E-state index is 5.54. The van der Waals surface area contributed by atoms with Crippen LogP contribution in [0.5, 0.6) is 0 Å². The summed E-state index contributed by atoms with van der Waals surface area (Å²) in [6.07, 6.45) is 5.32. The summed E-state index contributed by atoms with van der Waals surface area (Å²) >= 11 is 0. The van der Waals surface area contributed by atoms with Crippen LogP contribution in [0.1, 0.15) is 20.3 Å². The molecule has 0 N–H and O–H groups in total. The Morgan fingerprint density at radius 2 is 2.44 bits per heavy atom. The zero-order valence-corrected chi connectivity index (χ0v) is 5.77. The second-order valence-corrected chi connectivity index (χ2v) is 2.97. The molecule has 0 aliphatic carbocycles. The zero-order valence-electron chi connectivity index (χ0n) is 5.77. The molecule has 0 saturated heterocycles. The third-order valence-corrected chi connectivity index (χ3v) is 2.23. The van der Waals surface area contributed by atoms with E-state index < -0.39 is 0 Å². The minimum atomic E-state index is 0.0370. The first-order chi connectivity index (χ1) is 4.21. The number of hydrogen-bond donors (Lipinski definition) is 0. The van der Waals surface area contributed by atoms with Gasteiger partial charge >= 0.3 is 0 Å². The Hall–Kier alpha value is -0.720. The third-order valence-electron chi connectivity index (χ3n) is 2.23. The smallest absolute Gasteiger partial charge is 0.131 e. The van der Waals surface area contributed by atoms with E-state index >= 15 is 0 Å². The van der Waals surface area contributed by atoms with Crippen molar-refractivity contribution in [2.45, 2.75) is 25.9 Å². The quantitative estimate of drug-likeness (QED) is 0.477. The predicted molar refractivity (Wildman–Crippen MR) is 35.9 cm³/mol. The second-order valence-electron chi connectivity index (χ2n) is 2.97. The Labute approximate surface area is 55.0 Å². The molecule has 0 aromatic rings. The summed E-state index contributed by atoms with van der Waals surface area (Å²) in [5.41, 5.74) is 1.40. The van der Waals surface area contributed by atoms with Crippen LogP contribution in [0.25, 0.3) is 0 Å². The summed E-state index contributed by atoms with van der Waals surface area (Å²) in [7, 11) is 0. The highest BCUT2D eigenvalue weighted by Gasteiger charge is 2.37. The van der Waals surface area contributed by atoms with Crippen molar-refractivity contribution in [1.29, 1.82) is 0 Å². The minimum absolute atomic E-state index is 0.0370. The van der Waals surface area contributed by atoms with Crippen molar-refractivity contribution in [3.05, 3.63) is 23.5 Å². The minimum Gasteiger partial charge on any atom is -0.483 e. The average Bonchev–Trinajstić information content (AvgIpc) is 2.22. The van der Waals surface area contributed by atoms with Crippen LogP contribution in [0.4, 0.5) is 0 Å². The molecule has 2 bridgehead atoms. The molecule has 0 saturated carbocycles. The highest BCUT2D eigenvalue weighted by Crippen LogP contribution is 2.41. The molecule has 1 nitrogen and oxygen atoms in total. The van der Waals surface area contributed by atoms with Gasteiger partial charge in [0.2, 0.25) is 0 Å². The highest BCUT2D eigenvalue weighted by molar-refractivity contribution is 5.37. The van der Waals surface area contributed by atoms with Crippen LogP contribution in [-0.2, 0) is 4.74 Å². The summed E-state index contributed by atoms with van der Waals surface area (Å²) < 4.78 is 5.54. The van der Waals surface area contributed by atoms with E-state index in [1.165, 1.54) is 5.57 Å². The van der Waals surface area contributed by atoms with Crippen LogP contribution < -0.4 is 0 Å². The van der Waals surface area contributed by atoms with Crippen molar-refractivity contribution in [3.8, 4) is 0 Å². The number of hydrogen-bond acceptors (Lipinski definition) is 1. The van der Waals surface area contributed by atoms with Crippen molar-refractivity contribution in [2.75, 3.05) is 0 Å². The number of ether oxygens (including phenoxy) is 1. The molecule has 2 rings (SSSR count). The fourth-order valence-electron chi connectivity index (χ4n) is 1.33. The van der Waals surface area contributed by atoms with Crippen LogP contribution in [-0.4, -0.2) is 5.60 Å². The van der Waals surface area contributed by atoms with Crippen molar-refractivity contribution in [3.63, 3.8) is 0 Å². The maximum absolute atomic E-state index is 5.54. The van der Waals surface area contributed by atoms with Gasteiger partial charge in [-0.15, -0.1) is 0 Å². The van der Waals surface area contributed by atoms with E-state index in [9.17, 15) is 0 Å². The molecule has 0 amide bonds. The molecule has 48 valence electrons. The lowest BCUT2D eigenvalue weighted by molar-refractivity contribution is 0.102. The third kappa shape index (κ3) is 0.493. The first kappa shape index (κ1) is 5.10. The van der Waals surface area contributed by atoms with E-state index in [1.54, 1.807) is 0 Å². The lowest BCUT2D eigenvalue weighted by Crippen LogP contribution is -2.21. The standard InChI is InChI=1S/C8H10O/c1-6-5-7-3-4-8(6,2)9-7/h3,5H,4H2,1-2H3. The summed E-state index contributed by atoms with van der Waals surface area (Å²) in [5, 5.41) is 0. The van der Waals surface area contributed by atoms with Gasteiger partial charge in [0.25, 0.3) is 0 Å². The maximum Gasteiger partial charge on any atom is 0.131 e. The zero-order chi connectivity index (χ0) is 6.48. The van der Waals surface area contributed by atoms with Crippen molar-refractivity contribution < 1.29 is 4.74 Å². The van der Waals surface area contributed by atoms with Gasteiger partial charge in [-0.3, -0.25) is 0 Å². The fraction of sp³-hybridized carbons (Fsp3) is 0.500. The Morgan fingerprint density at radius 1 is 1.67 bits per heavy atom. The van der Waals surface area contributed by atoms with E-state index in [4.69, 9.17) is 4.74 Å². The van der Waals surface area contributed by atoms with E-state index in [1.807, 2.05) is 0 Å². The Bertz CT molecular complexity index is 213. The van der Waals surface area contributed by atoms with Crippen molar-refractivity contribution in [1.82, 2.24) is 0 Å².